The number of carbonyl (C=O) groups excluding carboxylic acids is 1. The molecule has 5 nitrogen and oxygen atoms in total. The van der Waals surface area contributed by atoms with Gasteiger partial charge in [0.05, 0.1) is 5.92 Å². The maximum atomic E-state index is 12.5. The minimum absolute atomic E-state index is 0. The van der Waals surface area contributed by atoms with Gasteiger partial charge in [0.25, 0.3) is 0 Å². The van der Waals surface area contributed by atoms with E-state index in [1.165, 1.54) is 0 Å². The molecule has 2 aliphatic heterocycles. The van der Waals surface area contributed by atoms with Crippen molar-refractivity contribution in [2.24, 2.45) is 11.8 Å². The van der Waals surface area contributed by atoms with Crippen LogP contribution >= 0.6 is 12.4 Å². The third kappa shape index (κ3) is 3.47. The van der Waals surface area contributed by atoms with Crippen LogP contribution in [0.25, 0.3) is 0 Å². The number of carbonyl (C=O) groups is 1. The summed E-state index contributed by atoms with van der Waals surface area (Å²) in [5, 5.41) is 3.31. The van der Waals surface area contributed by atoms with E-state index in [9.17, 15) is 4.79 Å². The molecule has 1 aromatic rings. The first-order valence-electron chi connectivity index (χ1n) is 7.41. The summed E-state index contributed by atoms with van der Waals surface area (Å²) >= 11 is 0. The standard InChI is InChI=1S/C15H22N4O.ClH/c1-12-10-16-11-13(12)15(20)19-8-6-18(7-9-19)14-4-2-3-5-17-14;/h2-5,12-13,16H,6-11H2,1H3;1H/t12-,13-;/m1./s1. The van der Waals surface area contributed by atoms with Gasteiger partial charge in [-0.05, 0) is 24.6 Å². The zero-order chi connectivity index (χ0) is 13.9. The number of anilines is 1. The fourth-order valence-corrected chi connectivity index (χ4v) is 3.07. The van der Waals surface area contributed by atoms with Crippen LogP contribution in [0, 0.1) is 11.8 Å². The van der Waals surface area contributed by atoms with Crippen molar-refractivity contribution < 1.29 is 4.79 Å². The molecule has 3 heterocycles. The Hall–Kier alpha value is -1.33. The molecule has 1 aromatic heterocycles. The average Bonchev–Trinajstić information content (AvgIpc) is 2.94. The van der Waals surface area contributed by atoms with Crippen molar-refractivity contribution in [1.82, 2.24) is 15.2 Å². The Bertz CT molecular complexity index is 462. The van der Waals surface area contributed by atoms with E-state index in [0.29, 0.717) is 11.8 Å². The molecule has 1 amide bonds. The molecule has 2 atom stereocenters. The molecular weight excluding hydrogens is 288 g/mol. The number of hydrogen-bond donors (Lipinski definition) is 1. The van der Waals surface area contributed by atoms with Crippen LogP contribution in [0.15, 0.2) is 24.4 Å². The topological polar surface area (TPSA) is 48.5 Å². The summed E-state index contributed by atoms with van der Waals surface area (Å²) in [5.41, 5.74) is 0. The molecule has 21 heavy (non-hydrogen) atoms. The van der Waals surface area contributed by atoms with Gasteiger partial charge in [-0.2, -0.15) is 0 Å². The zero-order valence-corrected chi connectivity index (χ0v) is 13.2. The molecule has 0 aliphatic carbocycles. The highest BCUT2D eigenvalue weighted by Crippen LogP contribution is 2.20. The smallest absolute Gasteiger partial charge is 0.227 e. The molecule has 1 N–H and O–H groups in total. The molecular formula is C15H23ClN4O. The van der Waals surface area contributed by atoms with Crippen LogP contribution in [0.4, 0.5) is 5.82 Å². The number of pyridine rings is 1. The van der Waals surface area contributed by atoms with Gasteiger partial charge in [0.2, 0.25) is 5.91 Å². The third-order valence-electron chi connectivity index (χ3n) is 4.40. The highest BCUT2D eigenvalue weighted by atomic mass is 35.5. The summed E-state index contributed by atoms with van der Waals surface area (Å²) in [6.07, 6.45) is 1.82. The van der Waals surface area contributed by atoms with Gasteiger partial charge in [-0.25, -0.2) is 4.98 Å². The van der Waals surface area contributed by atoms with Gasteiger partial charge in [0.15, 0.2) is 0 Å². The Labute approximate surface area is 132 Å². The number of hydrogen-bond acceptors (Lipinski definition) is 4. The first kappa shape index (κ1) is 16.0. The van der Waals surface area contributed by atoms with Crippen molar-refractivity contribution in [3.63, 3.8) is 0 Å². The lowest BCUT2D eigenvalue weighted by Crippen LogP contribution is -2.51. The predicted molar refractivity (Wildman–Crippen MR) is 85.8 cm³/mol. The Morgan fingerprint density at radius 3 is 2.57 bits per heavy atom. The average molecular weight is 311 g/mol. The van der Waals surface area contributed by atoms with E-state index in [0.717, 1.165) is 45.1 Å². The molecule has 0 aromatic carbocycles. The SMILES string of the molecule is C[C@@H]1CNC[C@H]1C(=O)N1CCN(c2ccccn2)CC1.Cl. The zero-order valence-electron chi connectivity index (χ0n) is 12.4. The normalized spacial score (nSPS) is 25.6. The van der Waals surface area contributed by atoms with E-state index in [-0.39, 0.29) is 18.3 Å². The molecule has 0 bridgehead atoms. The largest absolute Gasteiger partial charge is 0.353 e. The van der Waals surface area contributed by atoms with Crippen molar-refractivity contribution in [2.45, 2.75) is 6.92 Å². The molecule has 2 saturated heterocycles. The molecule has 0 unspecified atom stereocenters. The number of nitrogens with one attached hydrogen (secondary N) is 1. The van der Waals surface area contributed by atoms with E-state index < -0.39 is 0 Å². The van der Waals surface area contributed by atoms with Crippen molar-refractivity contribution in [2.75, 3.05) is 44.2 Å². The van der Waals surface area contributed by atoms with Crippen molar-refractivity contribution >= 4 is 24.1 Å². The molecule has 0 spiro atoms. The summed E-state index contributed by atoms with van der Waals surface area (Å²) in [6.45, 7) is 7.31. The molecule has 0 saturated carbocycles. The number of rotatable bonds is 2. The van der Waals surface area contributed by atoms with Gasteiger partial charge in [-0.1, -0.05) is 13.0 Å². The van der Waals surface area contributed by atoms with Gasteiger partial charge in [0.1, 0.15) is 5.82 Å². The molecule has 2 fully saturated rings. The van der Waals surface area contributed by atoms with Gasteiger partial charge in [-0.15, -0.1) is 12.4 Å². The molecule has 3 rings (SSSR count). The minimum atomic E-state index is 0. The van der Waals surface area contributed by atoms with Crippen LogP contribution in [0.5, 0.6) is 0 Å². The Morgan fingerprint density at radius 2 is 2.00 bits per heavy atom. The number of nitrogens with zero attached hydrogens (tertiary/aromatic N) is 3. The maximum Gasteiger partial charge on any atom is 0.227 e. The lowest BCUT2D eigenvalue weighted by atomic mass is 9.96. The molecule has 0 radical (unpaired) electrons. The van der Waals surface area contributed by atoms with Crippen LogP contribution in [0.1, 0.15) is 6.92 Å². The predicted octanol–water partition coefficient (Wildman–Crippen LogP) is 1.01. The Morgan fingerprint density at radius 1 is 1.24 bits per heavy atom. The van der Waals surface area contributed by atoms with Crippen molar-refractivity contribution in [3.05, 3.63) is 24.4 Å². The first-order chi connectivity index (χ1) is 9.75. The van der Waals surface area contributed by atoms with Gasteiger partial charge < -0.3 is 15.1 Å². The van der Waals surface area contributed by atoms with Crippen LogP contribution in [0.3, 0.4) is 0 Å². The molecule has 6 heteroatoms. The van der Waals surface area contributed by atoms with Crippen LogP contribution in [-0.2, 0) is 4.79 Å². The number of piperazine rings is 1. The monoisotopic (exact) mass is 310 g/mol. The third-order valence-corrected chi connectivity index (χ3v) is 4.40. The number of halogens is 1. The quantitative estimate of drug-likeness (QED) is 0.885. The van der Waals surface area contributed by atoms with Gasteiger partial charge in [0, 0.05) is 38.9 Å². The number of aromatic nitrogens is 1. The van der Waals surface area contributed by atoms with Crippen LogP contribution in [-0.4, -0.2) is 55.1 Å². The van der Waals surface area contributed by atoms with Gasteiger partial charge in [-0.3, -0.25) is 4.79 Å². The summed E-state index contributed by atoms with van der Waals surface area (Å²) < 4.78 is 0. The van der Waals surface area contributed by atoms with E-state index in [4.69, 9.17) is 0 Å². The number of amides is 1. The van der Waals surface area contributed by atoms with Crippen LogP contribution in [0.2, 0.25) is 0 Å². The Kier molecular flexibility index (Phi) is 5.42. The van der Waals surface area contributed by atoms with E-state index in [1.54, 1.807) is 0 Å². The summed E-state index contributed by atoms with van der Waals surface area (Å²) in [4.78, 5) is 21.2. The van der Waals surface area contributed by atoms with Crippen molar-refractivity contribution in [1.29, 1.82) is 0 Å². The summed E-state index contributed by atoms with van der Waals surface area (Å²) in [5.74, 6) is 1.95. The van der Waals surface area contributed by atoms with E-state index in [1.807, 2.05) is 29.3 Å². The Balaban J connectivity index is 0.00000161. The fourth-order valence-electron chi connectivity index (χ4n) is 3.07. The maximum absolute atomic E-state index is 12.5. The highest BCUT2D eigenvalue weighted by Gasteiger charge is 2.34. The lowest BCUT2D eigenvalue weighted by molar-refractivity contribution is -0.136. The van der Waals surface area contributed by atoms with Gasteiger partial charge >= 0.3 is 0 Å². The second-order valence-corrected chi connectivity index (χ2v) is 5.74. The molecule has 2 aliphatic rings. The lowest BCUT2D eigenvalue weighted by Gasteiger charge is -2.37. The van der Waals surface area contributed by atoms with Crippen molar-refractivity contribution in [3.8, 4) is 0 Å². The summed E-state index contributed by atoms with van der Waals surface area (Å²) in [7, 11) is 0. The second kappa shape index (κ2) is 7.09. The second-order valence-electron chi connectivity index (χ2n) is 5.74. The molecule has 116 valence electrons. The summed E-state index contributed by atoms with van der Waals surface area (Å²) in [6, 6.07) is 5.96. The van der Waals surface area contributed by atoms with E-state index >= 15 is 0 Å². The van der Waals surface area contributed by atoms with E-state index in [2.05, 4.69) is 22.1 Å². The first-order valence-corrected chi connectivity index (χ1v) is 7.41. The highest BCUT2D eigenvalue weighted by molar-refractivity contribution is 5.85. The minimum Gasteiger partial charge on any atom is -0.353 e. The fraction of sp³-hybridized carbons (Fsp3) is 0.600. The van der Waals surface area contributed by atoms with Crippen LogP contribution < -0.4 is 10.2 Å².